The van der Waals surface area contributed by atoms with Gasteiger partial charge >= 0.3 is 5.97 Å². The predicted octanol–water partition coefficient (Wildman–Crippen LogP) is 4.18. The summed E-state index contributed by atoms with van der Waals surface area (Å²) in [7, 11) is 0. The highest BCUT2D eigenvalue weighted by molar-refractivity contribution is 6.30. The lowest BCUT2D eigenvalue weighted by atomic mass is 9.99. The third kappa shape index (κ3) is 3.73. The number of rotatable bonds is 5. The summed E-state index contributed by atoms with van der Waals surface area (Å²) >= 11 is 6.02. The largest absolute Gasteiger partial charge is 0.504 e. The Morgan fingerprint density at radius 1 is 1.11 bits per heavy atom. The molecule has 0 saturated carbocycles. The second kappa shape index (κ2) is 7.44. The van der Waals surface area contributed by atoms with Crippen molar-refractivity contribution in [3.05, 3.63) is 58.7 Å². The molecule has 2 N–H and O–H groups in total. The Morgan fingerprint density at radius 3 is 2.52 bits per heavy atom. The first-order valence-corrected chi connectivity index (χ1v) is 8.36. The van der Waals surface area contributed by atoms with Gasteiger partial charge in [0.25, 0.3) is 0 Å². The van der Waals surface area contributed by atoms with Crippen molar-refractivity contribution < 1.29 is 19.8 Å². The number of benzene rings is 2. The number of aromatic nitrogens is 1. The maximum Gasteiger partial charge on any atom is 0.303 e. The van der Waals surface area contributed by atoms with Crippen LogP contribution < -0.4 is 0 Å². The molecule has 27 heavy (non-hydrogen) atoms. The van der Waals surface area contributed by atoms with Gasteiger partial charge in [0, 0.05) is 16.8 Å². The molecule has 6 nitrogen and oxygen atoms in total. The minimum Gasteiger partial charge on any atom is -0.504 e. The van der Waals surface area contributed by atoms with Crippen LogP contribution in [0.5, 0.6) is 5.75 Å². The van der Waals surface area contributed by atoms with Gasteiger partial charge in [0.05, 0.1) is 11.9 Å². The number of Topliss-reactive ketones (excluding diaryl/α,β-unsaturated/α-hetero) is 1. The van der Waals surface area contributed by atoms with Crippen LogP contribution in [0.15, 0.2) is 42.5 Å². The smallest absolute Gasteiger partial charge is 0.303 e. The number of carbonyl (C=O) groups is 2. The molecular formula is C20H13ClN2O4. The van der Waals surface area contributed by atoms with Gasteiger partial charge in [-0.15, -0.1) is 0 Å². The monoisotopic (exact) mass is 380 g/mol. The molecule has 0 saturated heterocycles. The Bertz CT molecular complexity index is 1120. The molecule has 7 heteroatoms. The van der Waals surface area contributed by atoms with E-state index in [2.05, 4.69) is 4.98 Å². The normalized spacial score (nSPS) is 10.5. The third-order valence-corrected chi connectivity index (χ3v) is 4.30. The zero-order chi connectivity index (χ0) is 19.6. The molecule has 0 aliphatic heterocycles. The van der Waals surface area contributed by atoms with Gasteiger partial charge in [-0.3, -0.25) is 9.59 Å². The van der Waals surface area contributed by atoms with Crippen LogP contribution in [0, 0.1) is 11.3 Å². The third-order valence-electron chi connectivity index (χ3n) is 4.06. The van der Waals surface area contributed by atoms with Crippen molar-refractivity contribution in [2.75, 3.05) is 0 Å². The van der Waals surface area contributed by atoms with E-state index in [9.17, 15) is 20.0 Å². The van der Waals surface area contributed by atoms with E-state index in [4.69, 9.17) is 16.7 Å². The molecule has 0 bridgehead atoms. The maximum atomic E-state index is 12.3. The summed E-state index contributed by atoms with van der Waals surface area (Å²) in [6.07, 6.45) is -0.706. The molecule has 0 radical (unpaired) electrons. The number of carbonyl (C=O) groups excluding carboxylic acids is 1. The first-order valence-electron chi connectivity index (χ1n) is 7.98. The van der Waals surface area contributed by atoms with Gasteiger partial charge in [-0.1, -0.05) is 35.9 Å². The van der Waals surface area contributed by atoms with E-state index in [1.54, 1.807) is 36.4 Å². The van der Waals surface area contributed by atoms with E-state index in [1.165, 1.54) is 0 Å². The summed E-state index contributed by atoms with van der Waals surface area (Å²) in [5.74, 6) is -2.30. The number of carboxylic acid groups (broad SMARTS) is 1. The second-order valence-electron chi connectivity index (χ2n) is 5.86. The zero-order valence-corrected chi connectivity index (χ0v) is 14.7. The van der Waals surface area contributed by atoms with Crippen molar-refractivity contribution >= 4 is 34.3 Å². The highest BCUT2D eigenvalue weighted by Gasteiger charge is 2.20. The number of hydrogen-bond acceptors (Lipinski definition) is 5. The molecule has 3 aromatic rings. The van der Waals surface area contributed by atoms with Crippen molar-refractivity contribution in [3.63, 3.8) is 0 Å². The molecule has 2 aromatic carbocycles. The van der Waals surface area contributed by atoms with Crippen LogP contribution in [0.25, 0.3) is 22.0 Å². The average Bonchev–Trinajstić information content (AvgIpc) is 2.65. The number of pyridine rings is 1. The summed E-state index contributed by atoms with van der Waals surface area (Å²) in [6, 6.07) is 14.2. The van der Waals surface area contributed by atoms with Gasteiger partial charge in [0.2, 0.25) is 0 Å². The van der Waals surface area contributed by atoms with Crippen molar-refractivity contribution in [1.29, 1.82) is 5.26 Å². The number of aliphatic carboxylic acids is 1. The number of aromatic hydroxyl groups is 1. The van der Waals surface area contributed by atoms with Crippen molar-refractivity contribution in [1.82, 2.24) is 4.98 Å². The fourth-order valence-corrected chi connectivity index (χ4v) is 2.94. The van der Waals surface area contributed by atoms with Gasteiger partial charge in [0.15, 0.2) is 11.5 Å². The van der Waals surface area contributed by atoms with E-state index in [-0.39, 0.29) is 24.1 Å². The molecule has 0 atom stereocenters. The van der Waals surface area contributed by atoms with Gasteiger partial charge < -0.3 is 10.2 Å². The maximum absolute atomic E-state index is 12.3. The molecule has 0 unspecified atom stereocenters. The standard InChI is InChI=1S/C20H13ClN2O4/c21-13-3-1-2-11(8-13)12-4-5-14-15(10-22)20(27)19(23-16(14)9-12)17(24)6-7-18(25)26/h1-5,8-9,27H,6-7H2,(H,25,26). The molecule has 0 spiro atoms. The Hall–Kier alpha value is -3.43. The first kappa shape index (κ1) is 18.4. The summed E-state index contributed by atoms with van der Waals surface area (Å²) in [5, 5.41) is 29.4. The minimum absolute atomic E-state index is 0.0729. The lowest BCUT2D eigenvalue weighted by molar-refractivity contribution is -0.136. The number of nitrogens with zero attached hydrogens (tertiary/aromatic N) is 2. The summed E-state index contributed by atoms with van der Waals surface area (Å²) < 4.78 is 0. The van der Waals surface area contributed by atoms with E-state index in [0.29, 0.717) is 15.9 Å². The van der Waals surface area contributed by atoms with Crippen molar-refractivity contribution in [2.24, 2.45) is 0 Å². The van der Waals surface area contributed by atoms with E-state index < -0.39 is 17.5 Å². The van der Waals surface area contributed by atoms with Crippen molar-refractivity contribution in [2.45, 2.75) is 12.8 Å². The van der Waals surface area contributed by atoms with Gasteiger partial charge in [-0.25, -0.2) is 4.98 Å². The van der Waals surface area contributed by atoms with Crippen LogP contribution in [0.3, 0.4) is 0 Å². The number of fused-ring (bicyclic) bond motifs is 1. The molecule has 0 aliphatic carbocycles. The molecule has 134 valence electrons. The lowest BCUT2D eigenvalue weighted by Gasteiger charge is -2.10. The predicted molar refractivity (Wildman–Crippen MR) is 99.8 cm³/mol. The lowest BCUT2D eigenvalue weighted by Crippen LogP contribution is -2.07. The van der Waals surface area contributed by atoms with Gasteiger partial charge in [0.1, 0.15) is 17.3 Å². The number of hydrogen-bond donors (Lipinski definition) is 2. The second-order valence-corrected chi connectivity index (χ2v) is 6.29. The SMILES string of the molecule is N#Cc1c(O)c(C(=O)CCC(=O)O)nc2cc(-c3cccc(Cl)c3)ccc12. The number of nitriles is 1. The average molecular weight is 381 g/mol. The van der Waals surface area contributed by atoms with Crippen LogP contribution in [0.4, 0.5) is 0 Å². The Kier molecular flexibility index (Phi) is 5.06. The summed E-state index contributed by atoms with van der Waals surface area (Å²) in [6.45, 7) is 0. The minimum atomic E-state index is -1.13. The highest BCUT2D eigenvalue weighted by Crippen LogP contribution is 2.32. The number of ketones is 1. The molecule has 3 rings (SSSR count). The van der Waals surface area contributed by atoms with Crippen LogP contribution in [0.2, 0.25) is 5.02 Å². The van der Waals surface area contributed by atoms with Crippen LogP contribution in [0.1, 0.15) is 28.9 Å². The molecular weight excluding hydrogens is 368 g/mol. The Labute approximate surface area is 159 Å². The van der Waals surface area contributed by atoms with Crippen molar-refractivity contribution in [3.8, 4) is 22.9 Å². The number of carboxylic acids is 1. The van der Waals surface area contributed by atoms with Gasteiger partial charge in [-0.05, 0) is 29.3 Å². The first-order chi connectivity index (χ1) is 12.9. The Morgan fingerprint density at radius 2 is 1.85 bits per heavy atom. The van der Waals surface area contributed by atoms with E-state index in [0.717, 1.165) is 11.1 Å². The van der Waals surface area contributed by atoms with E-state index in [1.807, 2.05) is 12.1 Å². The molecule has 0 amide bonds. The topological polar surface area (TPSA) is 111 Å². The summed E-state index contributed by atoms with van der Waals surface area (Å²) in [4.78, 5) is 27.1. The molecule has 0 aliphatic rings. The molecule has 1 heterocycles. The van der Waals surface area contributed by atoms with Crippen LogP contribution >= 0.6 is 11.6 Å². The van der Waals surface area contributed by atoms with Crippen LogP contribution in [-0.4, -0.2) is 26.9 Å². The quantitative estimate of drug-likeness (QED) is 0.642. The van der Waals surface area contributed by atoms with E-state index >= 15 is 0 Å². The fraction of sp³-hybridized carbons (Fsp3) is 0.100. The summed E-state index contributed by atoms with van der Waals surface area (Å²) in [5.41, 5.74) is 1.58. The molecule has 1 aromatic heterocycles. The number of halogens is 1. The zero-order valence-electron chi connectivity index (χ0n) is 13.9. The fourth-order valence-electron chi connectivity index (χ4n) is 2.75. The molecule has 0 fully saturated rings. The Balaban J connectivity index is 2.15. The highest BCUT2D eigenvalue weighted by atomic mass is 35.5. The van der Waals surface area contributed by atoms with Crippen LogP contribution in [-0.2, 0) is 4.79 Å². The van der Waals surface area contributed by atoms with Gasteiger partial charge in [-0.2, -0.15) is 5.26 Å².